The van der Waals surface area contributed by atoms with E-state index in [1.54, 1.807) is 12.2 Å². The largest absolute Gasteiger partial charge is 0.331 e. The van der Waals surface area contributed by atoms with Crippen LogP contribution in [0.5, 0.6) is 0 Å². The second-order valence-electron chi connectivity index (χ2n) is 6.97. The summed E-state index contributed by atoms with van der Waals surface area (Å²) in [5, 5.41) is 9.73. The number of allylic oxidation sites excluding steroid dienone is 3. The molecule has 1 aliphatic carbocycles. The summed E-state index contributed by atoms with van der Waals surface area (Å²) in [5.74, 6) is -0.428. The summed E-state index contributed by atoms with van der Waals surface area (Å²) in [5.41, 5.74) is 4.28. The van der Waals surface area contributed by atoms with Crippen LogP contribution in [0.3, 0.4) is 0 Å². The van der Waals surface area contributed by atoms with Gasteiger partial charge in [0, 0.05) is 23.9 Å². The number of amides is 2. The Balaban J connectivity index is 1.80. The molecule has 9 heteroatoms. The Labute approximate surface area is 181 Å². The van der Waals surface area contributed by atoms with Gasteiger partial charge in [-0.3, -0.25) is 14.4 Å². The first-order valence-electron chi connectivity index (χ1n) is 9.37. The molecule has 1 unspecified atom stereocenters. The Bertz CT molecular complexity index is 1070. The van der Waals surface area contributed by atoms with E-state index in [9.17, 15) is 14.4 Å². The van der Waals surface area contributed by atoms with Crippen LogP contribution >= 0.6 is 20.6 Å². The molecule has 2 aromatic rings. The Hall–Kier alpha value is -2.83. The highest BCUT2D eigenvalue weighted by atomic mass is 32.1. The van der Waals surface area contributed by atoms with Crippen molar-refractivity contribution < 1.29 is 14.4 Å². The van der Waals surface area contributed by atoms with Gasteiger partial charge in [-0.1, -0.05) is 44.9 Å². The molecule has 3 rings (SSSR count). The fourth-order valence-corrected chi connectivity index (χ4v) is 4.27. The molecule has 3 N–H and O–H groups in total. The molecule has 7 nitrogen and oxygen atoms in total. The summed E-state index contributed by atoms with van der Waals surface area (Å²) in [6, 6.07) is 5.96. The van der Waals surface area contributed by atoms with Crippen molar-refractivity contribution in [1.82, 2.24) is 10.3 Å². The minimum atomic E-state index is -0.304. The van der Waals surface area contributed by atoms with E-state index in [0.717, 1.165) is 22.5 Å². The van der Waals surface area contributed by atoms with E-state index >= 15 is 0 Å². The van der Waals surface area contributed by atoms with Crippen molar-refractivity contribution in [2.75, 3.05) is 10.6 Å². The molecule has 1 aliphatic rings. The summed E-state index contributed by atoms with van der Waals surface area (Å²) in [6.45, 7) is 5.43. The van der Waals surface area contributed by atoms with Crippen LogP contribution in [-0.2, 0) is 9.59 Å². The highest BCUT2D eigenvalue weighted by molar-refractivity contribution is 7.41. The first-order valence-corrected chi connectivity index (χ1v) is 10.8. The number of benzene rings is 1. The van der Waals surface area contributed by atoms with Crippen LogP contribution in [0.4, 0.5) is 15.8 Å². The number of anilines is 3. The maximum absolute atomic E-state index is 12.7. The molecule has 0 saturated carbocycles. The van der Waals surface area contributed by atoms with Crippen LogP contribution in [0.1, 0.15) is 41.4 Å². The zero-order valence-electron chi connectivity index (χ0n) is 17.0. The van der Waals surface area contributed by atoms with E-state index in [1.165, 1.54) is 18.3 Å². The third kappa shape index (κ3) is 5.20. The number of carbonyl (C=O) groups is 3. The van der Waals surface area contributed by atoms with Gasteiger partial charge in [-0.25, -0.2) is 4.98 Å². The minimum Gasteiger partial charge on any atom is -0.331 e. The summed E-state index contributed by atoms with van der Waals surface area (Å²) in [6.07, 6.45) is 4.47. The number of para-hydroxylation sites is 1. The number of nitrogens with zero attached hydrogens (tertiary/aromatic N) is 1. The lowest BCUT2D eigenvalue weighted by Gasteiger charge is -2.14. The van der Waals surface area contributed by atoms with Crippen molar-refractivity contribution in [3.63, 3.8) is 0 Å². The Morgan fingerprint density at radius 3 is 2.33 bits per heavy atom. The molecule has 2 amide bonds. The van der Waals surface area contributed by atoms with E-state index in [2.05, 4.69) is 30.2 Å². The van der Waals surface area contributed by atoms with Gasteiger partial charge in [0.25, 0.3) is 5.91 Å². The second kappa shape index (κ2) is 9.32. The van der Waals surface area contributed by atoms with Crippen LogP contribution in [0.25, 0.3) is 0 Å². The molecule has 1 aromatic heterocycles. The molecule has 30 heavy (non-hydrogen) atoms. The molecule has 1 heterocycles. The van der Waals surface area contributed by atoms with Crippen molar-refractivity contribution in [3.8, 4) is 0 Å². The Morgan fingerprint density at radius 2 is 1.77 bits per heavy atom. The number of hydrogen-bond acceptors (Lipinski definition) is 6. The Kier molecular flexibility index (Phi) is 6.80. The lowest BCUT2D eigenvalue weighted by molar-refractivity contribution is -0.118. The van der Waals surface area contributed by atoms with Gasteiger partial charge in [0.05, 0.1) is 0 Å². The summed E-state index contributed by atoms with van der Waals surface area (Å²) in [7, 11) is 2.10. The maximum atomic E-state index is 12.7. The van der Waals surface area contributed by atoms with Crippen LogP contribution in [0.2, 0.25) is 0 Å². The number of nitrogens with one attached hydrogen (secondary N) is 3. The molecule has 1 atom stereocenters. The normalized spacial score (nSPS) is 13.2. The molecule has 0 bridgehead atoms. The lowest BCUT2D eigenvalue weighted by Crippen LogP contribution is -2.22. The molecule has 0 aliphatic heterocycles. The Morgan fingerprint density at radius 1 is 1.07 bits per heavy atom. The third-order valence-electron chi connectivity index (χ3n) is 4.58. The van der Waals surface area contributed by atoms with Crippen LogP contribution < -0.4 is 16.0 Å². The first kappa shape index (κ1) is 21.9. The van der Waals surface area contributed by atoms with Crippen molar-refractivity contribution in [2.24, 2.45) is 0 Å². The highest BCUT2D eigenvalue weighted by Gasteiger charge is 2.21. The van der Waals surface area contributed by atoms with E-state index in [-0.39, 0.29) is 23.0 Å². The molecule has 156 valence electrons. The quantitative estimate of drug-likeness (QED) is 0.583. The van der Waals surface area contributed by atoms with Crippen molar-refractivity contribution in [1.29, 1.82) is 0 Å². The predicted molar refractivity (Wildman–Crippen MR) is 123 cm³/mol. The monoisotopic (exact) mass is 442 g/mol. The van der Waals surface area contributed by atoms with Gasteiger partial charge in [-0.2, -0.15) is 0 Å². The number of rotatable bonds is 6. The molecule has 0 fully saturated rings. The zero-order valence-corrected chi connectivity index (χ0v) is 18.9. The van der Waals surface area contributed by atoms with Gasteiger partial charge >= 0.3 is 0 Å². The lowest BCUT2D eigenvalue weighted by atomic mass is 10.0. The summed E-state index contributed by atoms with van der Waals surface area (Å²) >= 11 is 1.21. The number of hydrogen-bond donors (Lipinski definition) is 3. The average molecular weight is 442 g/mol. The molecule has 0 radical (unpaired) electrons. The first-order chi connectivity index (χ1) is 14.2. The van der Waals surface area contributed by atoms with E-state index < -0.39 is 0 Å². The van der Waals surface area contributed by atoms with Gasteiger partial charge in [0.2, 0.25) is 5.91 Å². The maximum Gasteiger partial charge on any atom is 0.252 e. The molecular formula is C21H23N4O3PS. The fourth-order valence-electron chi connectivity index (χ4n) is 3.08. The van der Waals surface area contributed by atoms with Crippen molar-refractivity contribution >= 4 is 53.7 Å². The highest BCUT2D eigenvalue weighted by Crippen LogP contribution is 2.34. The smallest absolute Gasteiger partial charge is 0.252 e. The average Bonchev–Trinajstić information content (AvgIpc) is 3.07. The SMILES string of the molecule is CC(=O)NC1=CC=C(C(=O)Nc2sc(Nc3c(C)cccc3C)nc2C(=O)P)CC1. The summed E-state index contributed by atoms with van der Waals surface area (Å²) in [4.78, 5) is 40.2. The topological polar surface area (TPSA) is 100 Å². The van der Waals surface area contributed by atoms with Gasteiger partial charge in [0.15, 0.2) is 10.7 Å². The van der Waals surface area contributed by atoms with Crippen LogP contribution in [-0.4, -0.2) is 22.3 Å². The molecular weight excluding hydrogens is 419 g/mol. The van der Waals surface area contributed by atoms with Gasteiger partial charge in [-0.15, -0.1) is 0 Å². The minimum absolute atomic E-state index is 0.139. The van der Waals surface area contributed by atoms with Gasteiger partial charge in [0.1, 0.15) is 10.7 Å². The number of aryl methyl sites for hydroxylation is 2. The predicted octanol–water partition coefficient (Wildman–Crippen LogP) is 4.20. The van der Waals surface area contributed by atoms with Crippen molar-refractivity contribution in [2.45, 2.75) is 33.6 Å². The van der Waals surface area contributed by atoms with Crippen LogP contribution in [0.15, 0.2) is 41.6 Å². The van der Waals surface area contributed by atoms with Crippen LogP contribution in [0, 0.1) is 13.8 Å². The standard InChI is InChI=1S/C21H23N4O3PS/c1-11-5-4-6-12(2)16(11)23-21-24-17(20(28)29)19(30-21)25-18(27)14-7-9-15(10-8-14)22-13(3)26/h4-7,9H,8,10,29H2,1-3H3,(H,22,26)(H,23,24)(H,25,27). The van der Waals surface area contributed by atoms with E-state index in [1.807, 2.05) is 32.0 Å². The number of thiazole rings is 1. The van der Waals surface area contributed by atoms with E-state index in [4.69, 9.17) is 0 Å². The molecule has 0 saturated heterocycles. The summed E-state index contributed by atoms with van der Waals surface area (Å²) < 4.78 is 0. The second-order valence-corrected chi connectivity index (χ2v) is 8.50. The van der Waals surface area contributed by atoms with E-state index in [0.29, 0.717) is 28.5 Å². The zero-order chi connectivity index (χ0) is 21.8. The third-order valence-corrected chi connectivity index (χ3v) is 5.74. The number of carbonyl (C=O) groups excluding carboxylic acids is 3. The van der Waals surface area contributed by atoms with Gasteiger partial charge < -0.3 is 16.0 Å². The number of aromatic nitrogens is 1. The van der Waals surface area contributed by atoms with Gasteiger partial charge in [-0.05, 0) is 43.9 Å². The fraction of sp³-hybridized carbons (Fsp3) is 0.238. The molecule has 0 spiro atoms. The van der Waals surface area contributed by atoms with Crippen molar-refractivity contribution in [3.05, 3.63) is 58.4 Å². The molecule has 1 aromatic carbocycles.